The molecule has 3 rings (SSSR count). The normalized spacial score (nSPS) is 14.0. The molecule has 2 aromatic rings. The highest BCUT2D eigenvalue weighted by atomic mass is 35.5. The zero-order chi connectivity index (χ0) is 14.8. The van der Waals surface area contributed by atoms with Gasteiger partial charge in [-0.05, 0) is 38.0 Å². The van der Waals surface area contributed by atoms with E-state index in [0.717, 1.165) is 23.7 Å². The molecule has 4 nitrogen and oxygen atoms in total. The van der Waals surface area contributed by atoms with Gasteiger partial charge >= 0.3 is 0 Å². The highest BCUT2D eigenvalue weighted by Gasteiger charge is 2.26. The number of hydrogen-bond donors (Lipinski definition) is 2. The summed E-state index contributed by atoms with van der Waals surface area (Å²) in [6.45, 7) is 2.81. The van der Waals surface area contributed by atoms with E-state index in [2.05, 4.69) is 20.6 Å². The number of benzene rings is 1. The minimum atomic E-state index is 0.562. The molecule has 1 saturated carbocycles. The van der Waals surface area contributed by atoms with Crippen LogP contribution in [-0.2, 0) is 0 Å². The van der Waals surface area contributed by atoms with Gasteiger partial charge in [0.1, 0.15) is 5.82 Å². The van der Waals surface area contributed by atoms with Gasteiger partial charge in [0, 0.05) is 23.6 Å². The van der Waals surface area contributed by atoms with Gasteiger partial charge in [-0.15, -0.1) is 0 Å². The summed E-state index contributed by atoms with van der Waals surface area (Å²) in [5.41, 5.74) is 1.86. The van der Waals surface area contributed by atoms with Crippen LogP contribution in [0.25, 0.3) is 0 Å². The Morgan fingerprint density at radius 2 is 2.00 bits per heavy atom. The van der Waals surface area contributed by atoms with Crippen LogP contribution < -0.4 is 10.6 Å². The maximum Gasteiger partial charge on any atom is 0.224 e. The number of hydrogen-bond acceptors (Lipinski definition) is 4. The van der Waals surface area contributed by atoms with Crippen LogP contribution in [0.3, 0.4) is 0 Å². The van der Waals surface area contributed by atoms with Crippen molar-refractivity contribution in [1.29, 1.82) is 0 Å². The number of rotatable bonds is 5. The lowest BCUT2D eigenvalue weighted by molar-refractivity contribution is 0.978. The first-order valence-electron chi connectivity index (χ1n) is 7.00. The minimum absolute atomic E-state index is 0.562. The first kappa shape index (κ1) is 14.4. The van der Waals surface area contributed by atoms with E-state index in [-0.39, 0.29) is 0 Å². The number of nitrogens with one attached hydrogen (secondary N) is 2. The standard InChI is InChI=1S/C15H16Cl2N4/c1-2-18-15-20-13(9-3-4-9)8-14(21-15)19-12-6-5-10(16)7-11(12)17/h5-9H,2-4H2,1H3,(H2,18,19,20,21). The number of aromatic nitrogens is 2. The molecule has 6 heteroatoms. The molecule has 1 aromatic carbocycles. The summed E-state index contributed by atoms with van der Waals surface area (Å²) >= 11 is 12.1. The third-order valence-corrected chi connectivity index (χ3v) is 3.82. The van der Waals surface area contributed by atoms with E-state index in [1.54, 1.807) is 12.1 Å². The van der Waals surface area contributed by atoms with Crippen LogP contribution in [0.5, 0.6) is 0 Å². The summed E-state index contributed by atoms with van der Waals surface area (Å²) in [5.74, 6) is 1.95. The van der Waals surface area contributed by atoms with Gasteiger partial charge in [-0.1, -0.05) is 23.2 Å². The summed E-state index contributed by atoms with van der Waals surface area (Å²) < 4.78 is 0. The van der Waals surface area contributed by atoms with E-state index in [9.17, 15) is 0 Å². The number of anilines is 3. The van der Waals surface area contributed by atoms with E-state index in [1.165, 1.54) is 12.8 Å². The van der Waals surface area contributed by atoms with Gasteiger partial charge in [0.25, 0.3) is 0 Å². The van der Waals surface area contributed by atoms with Gasteiger partial charge in [0.2, 0.25) is 5.95 Å². The Kier molecular flexibility index (Phi) is 4.17. The van der Waals surface area contributed by atoms with Crippen LogP contribution in [0.4, 0.5) is 17.5 Å². The van der Waals surface area contributed by atoms with E-state index >= 15 is 0 Å². The average molecular weight is 323 g/mol. The molecule has 1 heterocycles. The van der Waals surface area contributed by atoms with Crippen LogP contribution in [0.15, 0.2) is 24.3 Å². The minimum Gasteiger partial charge on any atom is -0.354 e. The number of halogens is 2. The lowest BCUT2D eigenvalue weighted by atomic mass is 10.2. The summed E-state index contributed by atoms with van der Waals surface area (Å²) in [4.78, 5) is 9.01. The Morgan fingerprint density at radius 1 is 1.19 bits per heavy atom. The second-order valence-corrected chi connectivity index (χ2v) is 5.90. The fraction of sp³-hybridized carbons (Fsp3) is 0.333. The summed E-state index contributed by atoms with van der Waals surface area (Å²) in [5, 5.41) is 7.58. The fourth-order valence-electron chi connectivity index (χ4n) is 2.08. The SMILES string of the molecule is CCNc1nc(Nc2ccc(Cl)cc2Cl)cc(C2CC2)n1. The van der Waals surface area contributed by atoms with Gasteiger partial charge in [0.15, 0.2) is 0 Å². The Hall–Kier alpha value is -1.52. The van der Waals surface area contributed by atoms with Crippen molar-refractivity contribution in [3.63, 3.8) is 0 Å². The molecule has 2 N–H and O–H groups in total. The molecule has 1 aliphatic rings. The van der Waals surface area contributed by atoms with Gasteiger partial charge in [-0.2, -0.15) is 4.98 Å². The maximum atomic E-state index is 6.19. The zero-order valence-corrected chi connectivity index (χ0v) is 13.2. The second-order valence-electron chi connectivity index (χ2n) is 5.06. The Bertz CT molecular complexity index is 656. The molecule has 0 aliphatic heterocycles. The topological polar surface area (TPSA) is 49.8 Å². The van der Waals surface area contributed by atoms with Crippen molar-refractivity contribution in [2.24, 2.45) is 0 Å². The van der Waals surface area contributed by atoms with Gasteiger partial charge in [-0.25, -0.2) is 4.98 Å². The highest BCUT2D eigenvalue weighted by molar-refractivity contribution is 6.36. The van der Waals surface area contributed by atoms with Crippen molar-refractivity contribution in [3.8, 4) is 0 Å². The van der Waals surface area contributed by atoms with Crippen molar-refractivity contribution in [1.82, 2.24) is 9.97 Å². The molecule has 1 aliphatic carbocycles. The molecule has 110 valence electrons. The largest absolute Gasteiger partial charge is 0.354 e. The van der Waals surface area contributed by atoms with Crippen molar-refractivity contribution >= 4 is 40.7 Å². The molecule has 0 atom stereocenters. The van der Waals surface area contributed by atoms with Crippen LogP contribution in [0.1, 0.15) is 31.4 Å². The second kappa shape index (κ2) is 6.08. The van der Waals surface area contributed by atoms with Crippen molar-refractivity contribution in [3.05, 3.63) is 40.0 Å². The molecule has 21 heavy (non-hydrogen) atoms. The Balaban J connectivity index is 1.89. The van der Waals surface area contributed by atoms with Crippen LogP contribution in [-0.4, -0.2) is 16.5 Å². The fourth-order valence-corrected chi connectivity index (χ4v) is 2.54. The molecule has 1 aromatic heterocycles. The summed E-state index contributed by atoms with van der Waals surface area (Å²) in [6, 6.07) is 7.34. The average Bonchev–Trinajstić information content (AvgIpc) is 3.27. The van der Waals surface area contributed by atoms with E-state index < -0.39 is 0 Å². The third kappa shape index (κ3) is 3.57. The molecule has 0 spiro atoms. The Morgan fingerprint density at radius 3 is 2.67 bits per heavy atom. The quantitative estimate of drug-likeness (QED) is 0.827. The first-order chi connectivity index (χ1) is 10.2. The van der Waals surface area contributed by atoms with Crippen LogP contribution in [0.2, 0.25) is 10.0 Å². The molecule has 0 radical (unpaired) electrons. The number of nitrogens with zero attached hydrogens (tertiary/aromatic N) is 2. The molecule has 0 saturated heterocycles. The van der Waals surface area contributed by atoms with E-state index in [1.807, 2.05) is 19.1 Å². The zero-order valence-electron chi connectivity index (χ0n) is 11.7. The maximum absolute atomic E-state index is 6.19. The van der Waals surface area contributed by atoms with Crippen molar-refractivity contribution in [2.45, 2.75) is 25.7 Å². The molecular weight excluding hydrogens is 307 g/mol. The lowest BCUT2D eigenvalue weighted by Gasteiger charge is -2.11. The summed E-state index contributed by atoms with van der Waals surface area (Å²) in [6.07, 6.45) is 2.40. The van der Waals surface area contributed by atoms with Gasteiger partial charge in [0.05, 0.1) is 16.4 Å². The third-order valence-electron chi connectivity index (χ3n) is 3.27. The van der Waals surface area contributed by atoms with Crippen LogP contribution in [0, 0.1) is 0 Å². The first-order valence-corrected chi connectivity index (χ1v) is 7.76. The van der Waals surface area contributed by atoms with Gasteiger partial charge < -0.3 is 10.6 Å². The van der Waals surface area contributed by atoms with Crippen LogP contribution >= 0.6 is 23.2 Å². The molecule has 1 fully saturated rings. The molecule has 0 unspecified atom stereocenters. The van der Waals surface area contributed by atoms with E-state index in [4.69, 9.17) is 23.2 Å². The molecule has 0 bridgehead atoms. The van der Waals surface area contributed by atoms with Crippen molar-refractivity contribution in [2.75, 3.05) is 17.2 Å². The smallest absolute Gasteiger partial charge is 0.224 e. The van der Waals surface area contributed by atoms with Crippen molar-refractivity contribution < 1.29 is 0 Å². The molecular formula is C15H16Cl2N4. The molecule has 0 amide bonds. The van der Waals surface area contributed by atoms with Gasteiger partial charge in [-0.3, -0.25) is 0 Å². The monoisotopic (exact) mass is 322 g/mol. The summed E-state index contributed by atoms with van der Waals surface area (Å²) in [7, 11) is 0. The highest BCUT2D eigenvalue weighted by Crippen LogP contribution is 2.40. The lowest BCUT2D eigenvalue weighted by Crippen LogP contribution is -2.06. The van der Waals surface area contributed by atoms with E-state index in [0.29, 0.717) is 21.9 Å². The Labute approximate surface area is 133 Å². The predicted octanol–water partition coefficient (Wildman–Crippen LogP) is 4.84. The predicted molar refractivity (Wildman–Crippen MR) is 87.9 cm³/mol.